The number of piperazine rings is 1. The van der Waals surface area contributed by atoms with Gasteiger partial charge < -0.3 is 15.3 Å². The second kappa shape index (κ2) is 6.74. The average Bonchev–Trinajstić information content (AvgIpc) is 3.09. The third kappa shape index (κ3) is 3.27. The Balaban J connectivity index is 1.45. The van der Waals surface area contributed by atoms with Crippen molar-refractivity contribution in [1.82, 2.24) is 25.2 Å². The van der Waals surface area contributed by atoms with E-state index in [4.69, 9.17) is 11.6 Å². The number of halogens is 1. The molecule has 0 radical (unpaired) electrons. The molecule has 7 nitrogen and oxygen atoms in total. The van der Waals surface area contributed by atoms with Gasteiger partial charge >= 0.3 is 0 Å². The Kier molecular flexibility index (Phi) is 4.45. The molecule has 3 atom stereocenters. The van der Waals surface area contributed by atoms with Crippen molar-refractivity contribution < 1.29 is 9.90 Å². The van der Waals surface area contributed by atoms with E-state index in [-0.39, 0.29) is 18.0 Å². The number of nitrogens with zero attached hydrogens (tertiary/aromatic N) is 4. The van der Waals surface area contributed by atoms with Gasteiger partial charge in [-0.1, -0.05) is 28.9 Å². The number of hydrogen-bond acceptors (Lipinski definition) is 5. The molecule has 25 heavy (non-hydrogen) atoms. The van der Waals surface area contributed by atoms with Crippen LogP contribution in [-0.4, -0.2) is 56.6 Å². The van der Waals surface area contributed by atoms with Crippen molar-refractivity contribution in [2.75, 3.05) is 19.6 Å². The van der Waals surface area contributed by atoms with Gasteiger partial charge in [-0.25, -0.2) is 4.68 Å². The van der Waals surface area contributed by atoms with E-state index in [1.54, 1.807) is 15.8 Å². The lowest BCUT2D eigenvalue weighted by Gasteiger charge is -2.33. The Morgan fingerprint density at radius 1 is 1.28 bits per heavy atom. The van der Waals surface area contributed by atoms with Gasteiger partial charge in [-0.2, -0.15) is 0 Å². The summed E-state index contributed by atoms with van der Waals surface area (Å²) >= 11 is 5.94. The average molecular weight is 362 g/mol. The van der Waals surface area contributed by atoms with Gasteiger partial charge in [-0.15, -0.1) is 5.10 Å². The van der Waals surface area contributed by atoms with E-state index in [9.17, 15) is 9.90 Å². The molecule has 4 rings (SSSR count). The van der Waals surface area contributed by atoms with Crippen molar-refractivity contribution in [3.8, 4) is 0 Å². The summed E-state index contributed by atoms with van der Waals surface area (Å²) in [6.45, 7) is 1.91. The third-order valence-electron chi connectivity index (χ3n) is 5.01. The van der Waals surface area contributed by atoms with Crippen LogP contribution in [0, 0.1) is 0 Å². The minimum atomic E-state index is -0.391. The predicted octanol–water partition coefficient (Wildman–Crippen LogP) is 1.41. The molecule has 2 aliphatic rings. The van der Waals surface area contributed by atoms with E-state index in [1.807, 2.05) is 24.3 Å². The lowest BCUT2D eigenvalue weighted by atomic mass is 9.89. The standard InChI is InChI=1S/C17H20ClN5O2/c18-12-3-1-11(2-4-12)13-9-22(8-7-19-13)17(25)14-10-23(21-20-14)15-5-6-16(15)24/h1-4,10,13,15-16,19,24H,5-9H2/t13?,15-,16-/m1/s1. The van der Waals surface area contributed by atoms with Crippen molar-refractivity contribution in [2.24, 2.45) is 0 Å². The van der Waals surface area contributed by atoms with Crippen LogP contribution in [0.1, 0.15) is 41.0 Å². The van der Waals surface area contributed by atoms with Crippen LogP contribution in [0.25, 0.3) is 0 Å². The maximum Gasteiger partial charge on any atom is 0.276 e. The first-order valence-electron chi connectivity index (χ1n) is 8.50. The van der Waals surface area contributed by atoms with Gasteiger partial charge in [0.1, 0.15) is 0 Å². The molecule has 0 spiro atoms. The van der Waals surface area contributed by atoms with E-state index < -0.39 is 6.10 Å². The quantitative estimate of drug-likeness (QED) is 0.863. The Bertz CT molecular complexity index is 763. The van der Waals surface area contributed by atoms with Crippen molar-refractivity contribution in [1.29, 1.82) is 0 Å². The highest BCUT2D eigenvalue weighted by atomic mass is 35.5. The van der Waals surface area contributed by atoms with Gasteiger partial charge in [0.25, 0.3) is 5.91 Å². The molecular formula is C17H20ClN5O2. The summed E-state index contributed by atoms with van der Waals surface area (Å²) in [6.07, 6.45) is 2.89. The lowest BCUT2D eigenvalue weighted by Crippen LogP contribution is -2.48. The first-order chi connectivity index (χ1) is 12.1. The second-order valence-electron chi connectivity index (χ2n) is 6.61. The van der Waals surface area contributed by atoms with Crippen LogP contribution in [0.2, 0.25) is 5.02 Å². The predicted molar refractivity (Wildman–Crippen MR) is 92.4 cm³/mol. The van der Waals surface area contributed by atoms with E-state index in [2.05, 4.69) is 15.6 Å². The number of hydrogen-bond donors (Lipinski definition) is 2. The maximum absolute atomic E-state index is 12.8. The molecular weight excluding hydrogens is 342 g/mol. The molecule has 2 fully saturated rings. The number of carbonyl (C=O) groups is 1. The minimum absolute atomic E-state index is 0.0566. The monoisotopic (exact) mass is 361 g/mol. The first kappa shape index (κ1) is 16.5. The van der Waals surface area contributed by atoms with Crippen LogP contribution in [0.3, 0.4) is 0 Å². The summed E-state index contributed by atoms with van der Waals surface area (Å²) in [6, 6.07) is 7.67. The number of aromatic nitrogens is 3. The fourth-order valence-electron chi connectivity index (χ4n) is 3.32. The third-order valence-corrected chi connectivity index (χ3v) is 5.26. The van der Waals surface area contributed by atoms with Gasteiger partial charge in [0.2, 0.25) is 0 Å². The van der Waals surface area contributed by atoms with Crippen molar-refractivity contribution in [3.05, 3.63) is 46.7 Å². The summed E-state index contributed by atoms with van der Waals surface area (Å²) in [5.74, 6) is -0.125. The number of benzene rings is 1. The van der Waals surface area contributed by atoms with Crippen molar-refractivity contribution >= 4 is 17.5 Å². The fourth-order valence-corrected chi connectivity index (χ4v) is 3.45. The van der Waals surface area contributed by atoms with Gasteiger partial charge in [0.15, 0.2) is 5.69 Å². The van der Waals surface area contributed by atoms with Crippen LogP contribution < -0.4 is 5.32 Å². The number of aliphatic hydroxyl groups is 1. The van der Waals surface area contributed by atoms with Crippen molar-refractivity contribution in [3.63, 3.8) is 0 Å². The Morgan fingerprint density at radius 2 is 2.08 bits per heavy atom. The summed E-state index contributed by atoms with van der Waals surface area (Å²) in [7, 11) is 0. The number of amides is 1. The molecule has 2 heterocycles. The van der Waals surface area contributed by atoms with E-state index in [0.29, 0.717) is 30.4 Å². The molecule has 132 valence electrons. The summed E-state index contributed by atoms with van der Waals surface area (Å²) in [5.41, 5.74) is 1.43. The molecule has 1 saturated carbocycles. The fraction of sp³-hybridized carbons (Fsp3) is 0.471. The van der Waals surface area contributed by atoms with Gasteiger partial charge in [-0.3, -0.25) is 4.79 Å². The summed E-state index contributed by atoms with van der Waals surface area (Å²) < 4.78 is 1.61. The summed E-state index contributed by atoms with van der Waals surface area (Å²) in [5, 5.41) is 21.9. The Morgan fingerprint density at radius 3 is 2.76 bits per heavy atom. The smallest absolute Gasteiger partial charge is 0.276 e. The van der Waals surface area contributed by atoms with Crippen LogP contribution >= 0.6 is 11.6 Å². The number of nitrogens with one attached hydrogen (secondary N) is 1. The highest BCUT2D eigenvalue weighted by molar-refractivity contribution is 6.30. The lowest BCUT2D eigenvalue weighted by molar-refractivity contribution is 0.0244. The molecule has 2 N–H and O–H groups in total. The SMILES string of the molecule is O=C(c1cn([C@@H]2CC[C@H]2O)nn1)N1CCNC(c2ccc(Cl)cc2)C1. The highest BCUT2D eigenvalue weighted by Gasteiger charge is 2.33. The molecule has 1 aliphatic carbocycles. The zero-order valence-corrected chi connectivity index (χ0v) is 14.4. The Labute approximate surface area is 150 Å². The normalized spacial score (nSPS) is 26.3. The molecule has 2 aromatic rings. The topological polar surface area (TPSA) is 83.3 Å². The molecule has 8 heteroatoms. The minimum Gasteiger partial charge on any atom is -0.391 e. The van der Waals surface area contributed by atoms with Gasteiger partial charge in [0, 0.05) is 30.7 Å². The molecule has 1 unspecified atom stereocenters. The highest BCUT2D eigenvalue weighted by Crippen LogP contribution is 2.31. The van der Waals surface area contributed by atoms with Crippen LogP contribution in [-0.2, 0) is 0 Å². The largest absolute Gasteiger partial charge is 0.391 e. The van der Waals surface area contributed by atoms with Gasteiger partial charge in [-0.05, 0) is 30.5 Å². The number of rotatable bonds is 3. The van der Waals surface area contributed by atoms with E-state index in [1.165, 1.54) is 0 Å². The van der Waals surface area contributed by atoms with Crippen LogP contribution in [0.15, 0.2) is 30.5 Å². The zero-order valence-electron chi connectivity index (χ0n) is 13.7. The summed E-state index contributed by atoms with van der Waals surface area (Å²) in [4.78, 5) is 14.5. The zero-order chi connectivity index (χ0) is 17.4. The van der Waals surface area contributed by atoms with E-state index in [0.717, 1.165) is 18.4 Å². The Hall–Kier alpha value is -1.96. The number of carbonyl (C=O) groups excluding carboxylic acids is 1. The number of aliphatic hydroxyl groups excluding tert-OH is 1. The second-order valence-corrected chi connectivity index (χ2v) is 7.04. The molecule has 1 saturated heterocycles. The van der Waals surface area contributed by atoms with Crippen LogP contribution in [0.5, 0.6) is 0 Å². The van der Waals surface area contributed by atoms with Crippen molar-refractivity contribution in [2.45, 2.75) is 31.0 Å². The molecule has 1 aliphatic heterocycles. The van der Waals surface area contributed by atoms with Crippen LogP contribution in [0.4, 0.5) is 0 Å². The molecule has 1 aromatic carbocycles. The molecule has 0 bridgehead atoms. The maximum atomic E-state index is 12.8. The van der Waals surface area contributed by atoms with Gasteiger partial charge in [0.05, 0.1) is 18.3 Å². The van der Waals surface area contributed by atoms with E-state index >= 15 is 0 Å². The first-order valence-corrected chi connectivity index (χ1v) is 8.87. The molecule has 1 amide bonds. The molecule has 1 aromatic heterocycles.